The number of nitrogens with zero attached hydrogens (tertiary/aromatic N) is 3. The van der Waals surface area contributed by atoms with Gasteiger partial charge in [-0.2, -0.15) is 5.10 Å². The van der Waals surface area contributed by atoms with Crippen LogP contribution in [0.4, 0.5) is 5.13 Å². The van der Waals surface area contributed by atoms with Gasteiger partial charge in [0.2, 0.25) is 11.0 Å². The number of carbonyl (C=O) groups is 1. The van der Waals surface area contributed by atoms with E-state index in [1.807, 2.05) is 31.2 Å². The molecule has 3 aromatic rings. The van der Waals surface area contributed by atoms with Crippen LogP contribution in [0.5, 0.6) is 17.2 Å². The maximum Gasteiger partial charge on any atom is 0.247 e. The van der Waals surface area contributed by atoms with E-state index in [0.29, 0.717) is 52.0 Å². The molecule has 1 heterocycles. The van der Waals surface area contributed by atoms with Gasteiger partial charge in [0.1, 0.15) is 24.0 Å². The number of hydrazone groups is 1. The Morgan fingerprint density at radius 2 is 1.97 bits per heavy atom. The number of aryl methyl sites for hydroxylation is 1. The SMILES string of the molecule is COc1cc(C=NNC(=O)Cc2nnc(N)s2)cc(Cl)c1OCCOCCOc1cccc(C)c1. The fraction of sp³-hybridized carbons (Fsp3) is 0.304. The minimum Gasteiger partial charge on any atom is -0.493 e. The highest BCUT2D eigenvalue weighted by molar-refractivity contribution is 7.15. The molecule has 0 saturated carbocycles. The number of carbonyl (C=O) groups excluding carboxylic acids is 1. The summed E-state index contributed by atoms with van der Waals surface area (Å²) in [6, 6.07) is 11.2. The zero-order valence-electron chi connectivity index (χ0n) is 19.3. The third kappa shape index (κ3) is 8.71. The molecule has 186 valence electrons. The fourth-order valence-electron chi connectivity index (χ4n) is 2.88. The Hall–Kier alpha value is -3.41. The summed E-state index contributed by atoms with van der Waals surface area (Å²) >= 11 is 7.51. The van der Waals surface area contributed by atoms with E-state index >= 15 is 0 Å². The van der Waals surface area contributed by atoms with E-state index in [0.717, 1.165) is 22.6 Å². The summed E-state index contributed by atoms with van der Waals surface area (Å²) in [6.07, 6.45) is 1.48. The molecular formula is C23H26ClN5O5S. The van der Waals surface area contributed by atoms with Crippen LogP contribution in [-0.2, 0) is 16.0 Å². The molecule has 2 aromatic carbocycles. The highest BCUT2D eigenvalue weighted by atomic mass is 35.5. The summed E-state index contributed by atoms with van der Waals surface area (Å²) in [5.74, 6) is 1.28. The van der Waals surface area contributed by atoms with Gasteiger partial charge in [0.05, 0.1) is 38.0 Å². The fourth-order valence-corrected chi connectivity index (χ4v) is 3.76. The molecule has 12 heteroatoms. The Labute approximate surface area is 212 Å². The molecule has 3 N–H and O–H groups in total. The molecule has 0 radical (unpaired) electrons. The zero-order chi connectivity index (χ0) is 25.0. The number of rotatable bonds is 13. The van der Waals surface area contributed by atoms with E-state index in [2.05, 4.69) is 20.7 Å². The van der Waals surface area contributed by atoms with Gasteiger partial charge >= 0.3 is 0 Å². The maximum atomic E-state index is 11.9. The summed E-state index contributed by atoms with van der Waals surface area (Å²) in [4.78, 5) is 11.9. The van der Waals surface area contributed by atoms with Crippen LogP contribution in [-0.4, -0.2) is 55.9 Å². The number of nitrogen functional groups attached to an aromatic ring is 1. The highest BCUT2D eigenvalue weighted by Crippen LogP contribution is 2.36. The van der Waals surface area contributed by atoms with Gasteiger partial charge in [-0.05, 0) is 42.3 Å². The van der Waals surface area contributed by atoms with Crippen LogP contribution in [0.15, 0.2) is 41.5 Å². The summed E-state index contributed by atoms with van der Waals surface area (Å²) in [5, 5.41) is 12.5. The van der Waals surface area contributed by atoms with Crippen LogP contribution in [0.25, 0.3) is 0 Å². The van der Waals surface area contributed by atoms with Crippen molar-refractivity contribution in [2.24, 2.45) is 5.10 Å². The molecule has 0 aliphatic rings. The van der Waals surface area contributed by atoms with E-state index in [1.54, 1.807) is 12.1 Å². The molecule has 0 aliphatic carbocycles. The smallest absolute Gasteiger partial charge is 0.247 e. The quantitative estimate of drug-likeness (QED) is 0.200. The first-order valence-corrected chi connectivity index (χ1v) is 11.8. The highest BCUT2D eigenvalue weighted by Gasteiger charge is 2.12. The number of hydrogen-bond acceptors (Lipinski definition) is 10. The molecule has 0 spiro atoms. The first kappa shape index (κ1) is 26.2. The number of benzene rings is 2. The van der Waals surface area contributed by atoms with Crippen molar-refractivity contribution >= 4 is 40.2 Å². The standard InChI is InChI=1S/C23H26ClN5O5S/c1-15-4-3-5-17(10-15)33-8-6-32-7-9-34-22-18(24)11-16(12-19(22)31-2)14-26-27-20(30)13-21-28-29-23(25)35-21/h3-5,10-12,14H,6-9,13H2,1-2H3,(H2,25,29)(H,27,30). The second-order valence-corrected chi connectivity index (χ2v) is 8.66. The van der Waals surface area contributed by atoms with Crippen molar-refractivity contribution in [2.45, 2.75) is 13.3 Å². The number of anilines is 1. The van der Waals surface area contributed by atoms with Gasteiger partial charge in [-0.3, -0.25) is 4.79 Å². The Bertz CT molecular complexity index is 1160. The molecule has 1 aromatic heterocycles. The van der Waals surface area contributed by atoms with E-state index in [4.69, 9.17) is 36.3 Å². The normalized spacial score (nSPS) is 10.9. The predicted octanol–water partition coefficient (Wildman–Crippen LogP) is 3.26. The van der Waals surface area contributed by atoms with Gasteiger partial charge in [0, 0.05) is 0 Å². The third-order valence-electron chi connectivity index (χ3n) is 4.41. The Morgan fingerprint density at radius 1 is 1.17 bits per heavy atom. The van der Waals surface area contributed by atoms with Crippen LogP contribution in [0.2, 0.25) is 5.02 Å². The second-order valence-electron chi connectivity index (χ2n) is 7.16. The number of halogens is 1. The van der Waals surface area contributed by atoms with Crippen molar-refractivity contribution in [1.82, 2.24) is 15.6 Å². The number of nitrogens with two attached hydrogens (primary N) is 1. The first-order valence-electron chi connectivity index (χ1n) is 10.6. The van der Waals surface area contributed by atoms with Crippen LogP contribution < -0.4 is 25.4 Å². The Kier molecular flexibility index (Phi) is 10.1. The largest absolute Gasteiger partial charge is 0.493 e. The monoisotopic (exact) mass is 519 g/mol. The minimum absolute atomic E-state index is 0.0309. The maximum absolute atomic E-state index is 11.9. The van der Waals surface area contributed by atoms with Crippen LogP contribution >= 0.6 is 22.9 Å². The summed E-state index contributed by atoms with van der Waals surface area (Å²) in [6.45, 7) is 3.51. The molecule has 1 amide bonds. The number of hydrogen-bond donors (Lipinski definition) is 2. The molecule has 10 nitrogen and oxygen atoms in total. The molecule has 0 atom stereocenters. The molecule has 35 heavy (non-hydrogen) atoms. The van der Waals surface area contributed by atoms with Crippen LogP contribution in [0, 0.1) is 6.92 Å². The lowest BCUT2D eigenvalue weighted by atomic mass is 10.2. The summed E-state index contributed by atoms with van der Waals surface area (Å²) in [7, 11) is 1.51. The van der Waals surface area contributed by atoms with Crippen molar-refractivity contribution in [1.29, 1.82) is 0 Å². The van der Waals surface area contributed by atoms with Crippen LogP contribution in [0.3, 0.4) is 0 Å². The van der Waals surface area contributed by atoms with Gasteiger partial charge in [0.15, 0.2) is 11.5 Å². The van der Waals surface area contributed by atoms with E-state index < -0.39 is 0 Å². The number of methoxy groups -OCH3 is 1. The van der Waals surface area contributed by atoms with Crippen molar-refractivity contribution in [2.75, 3.05) is 39.3 Å². The first-order chi connectivity index (χ1) is 16.9. The lowest BCUT2D eigenvalue weighted by Crippen LogP contribution is -2.19. The minimum atomic E-state index is -0.348. The van der Waals surface area contributed by atoms with E-state index in [1.165, 1.54) is 13.3 Å². The lowest BCUT2D eigenvalue weighted by Gasteiger charge is -2.13. The van der Waals surface area contributed by atoms with Gasteiger partial charge in [-0.25, -0.2) is 5.43 Å². The molecule has 0 unspecified atom stereocenters. The average molecular weight is 520 g/mol. The number of amides is 1. The molecule has 0 fully saturated rings. The molecular weight excluding hydrogens is 494 g/mol. The van der Waals surface area contributed by atoms with Gasteiger partial charge in [0.25, 0.3) is 0 Å². The average Bonchev–Trinajstić information content (AvgIpc) is 3.23. The molecule has 0 aliphatic heterocycles. The predicted molar refractivity (Wildman–Crippen MR) is 135 cm³/mol. The third-order valence-corrected chi connectivity index (χ3v) is 5.44. The van der Waals surface area contributed by atoms with Crippen molar-refractivity contribution < 1.29 is 23.7 Å². The Balaban J connectivity index is 1.42. The number of ether oxygens (including phenoxy) is 4. The molecule has 0 bridgehead atoms. The van der Waals surface area contributed by atoms with E-state index in [9.17, 15) is 4.79 Å². The van der Waals surface area contributed by atoms with Crippen molar-refractivity contribution in [3.05, 3.63) is 57.6 Å². The summed E-state index contributed by atoms with van der Waals surface area (Å²) in [5.41, 5.74) is 9.68. The topological polar surface area (TPSA) is 130 Å². The second kappa shape index (κ2) is 13.5. The zero-order valence-corrected chi connectivity index (χ0v) is 20.9. The van der Waals surface area contributed by atoms with E-state index in [-0.39, 0.29) is 18.9 Å². The van der Waals surface area contributed by atoms with Crippen molar-refractivity contribution in [3.63, 3.8) is 0 Å². The number of aromatic nitrogens is 2. The Morgan fingerprint density at radius 3 is 2.69 bits per heavy atom. The molecule has 0 saturated heterocycles. The van der Waals surface area contributed by atoms with Gasteiger partial charge < -0.3 is 24.7 Å². The van der Waals surface area contributed by atoms with Crippen LogP contribution in [0.1, 0.15) is 16.1 Å². The molecule has 3 rings (SSSR count). The lowest BCUT2D eigenvalue weighted by molar-refractivity contribution is -0.120. The van der Waals surface area contributed by atoms with Gasteiger partial charge in [-0.15, -0.1) is 10.2 Å². The van der Waals surface area contributed by atoms with Gasteiger partial charge in [-0.1, -0.05) is 35.1 Å². The number of nitrogens with one attached hydrogen (secondary N) is 1. The van der Waals surface area contributed by atoms with Crippen molar-refractivity contribution in [3.8, 4) is 17.2 Å². The summed E-state index contributed by atoms with van der Waals surface area (Å²) < 4.78 is 22.3.